The van der Waals surface area contributed by atoms with E-state index < -0.39 is 0 Å². The minimum absolute atomic E-state index is 0.376. The largest absolute Gasteiger partial charge is 0.298 e. The molecule has 0 saturated heterocycles. The van der Waals surface area contributed by atoms with Crippen LogP contribution in [0.2, 0.25) is 0 Å². The van der Waals surface area contributed by atoms with Gasteiger partial charge in [-0.25, -0.2) is 0 Å². The van der Waals surface area contributed by atoms with Gasteiger partial charge in [0.25, 0.3) is 0 Å². The van der Waals surface area contributed by atoms with E-state index in [-0.39, 0.29) is 0 Å². The fourth-order valence-corrected chi connectivity index (χ4v) is 1.20. The smallest absolute Gasteiger partial charge is 0.150 e. The van der Waals surface area contributed by atoms with Gasteiger partial charge in [-0.2, -0.15) is 0 Å². The summed E-state index contributed by atoms with van der Waals surface area (Å²) >= 11 is 0. The van der Waals surface area contributed by atoms with Crippen LogP contribution in [0, 0.1) is 5.92 Å². The molecule has 0 radical (unpaired) electrons. The van der Waals surface area contributed by atoms with Crippen molar-refractivity contribution in [2.45, 2.75) is 27.7 Å². The van der Waals surface area contributed by atoms with Crippen LogP contribution in [0.25, 0.3) is 5.57 Å². The molecule has 0 aliphatic rings. The second-order valence-corrected chi connectivity index (χ2v) is 3.39. The van der Waals surface area contributed by atoms with Gasteiger partial charge in [0.15, 0.2) is 6.29 Å². The van der Waals surface area contributed by atoms with Gasteiger partial charge < -0.3 is 0 Å². The van der Waals surface area contributed by atoms with Crippen LogP contribution in [-0.4, -0.2) is 6.29 Å². The maximum Gasteiger partial charge on any atom is 0.150 e. The van der Waals surface area contributed by atoms with Gasteiger partial charge in [-0.3, -0.25) is 4.79 Å². The van der Waals surface area contributed by atoms with Crippen molar-refractivity contribution >= 4 is 11.9 Å². The first-order valence-corrected chi connectivity index (χ1v) is 5.40. The van der Waals surface area contributed by atoms with Crippen LogP contribution in [-0.2, 0) is 0 Å². The highest BCUT2D eigenvalue weighted by Gasteiger charge is 2.07. The molecule has 0 saturated carbocycles. The van der Waals surface area contributed by atoms with E-state index in [0.717, 1.165) is 23.0 Å². The lowest BCUT2D eigenvalue weighted by Gasteiger charge is -2.11. The van der Waals surface area contributed by atoms with E-state index in [4.69, 9.17) is 0 Å². The quantitative estimate of drug-likeness (QED) is 0.674. The van der Waals surface area contributed by atoms with Crippen molar-refractivity contribution in [1.29, 1.82) is 0 Å². The van der Waals surface area contributed by atoms with Crippen molar-refractivity contribution < 1.29 is 4.79 Å². The summed E-state index contributed by atoms with van der Waals surface area (Å²) < 4.78 is 0. The van der Waals surface area contributed by atoms with Crippen molar-refractivity contribution in [2.75, 3.05) is 0 Å². The van der Waals surface area contributed by atoms with Crippen LogP contribution < -0.4 is 0 Å². The zero-order valence-electron chi connectivity index (χ0n) is 10.1. The molecule has 1 nitrogen and oxygen atoms in total. The number of rotatable bonds is 3. The molecule has 0 amide bonds. The minimum Gasteiger partial charge on any atom is -0.298 e. The summed E-state index contributed by atoms with van der Waals surface area (Å²) in [7, 11) is 0. The minimum atomic E-state index is 0.376. The van der Waals surface area contributed by atoms with Crippen molar-refractivity contribution in [2.24, 2.45) is 5.92 Å². The van der Waals surface area contributed by atoms with E-state index in [1.807, 2.05) is 38.1 Å². The van der Waals surface area contributed by atoms with Gasteiger partial charge in [-0.15, -0.1) is 0 Å². The van der Waals surface area contributed by atoms with E-state index in [1.54, 1.807) is 0 Å². The molecule has 0 N–H and O–H groups in total. The predicted molar refractivity (Wildman–Crippen MR) is 67.0 cm³/mol. The normalized spacial score (nSPS) is 9.13. The standard InChI is InChI=1S/C12H14O.C2H6/c1-9(2)10(3)12-7-5-4-6-11(12)8-13;1-2/h4-9H,3H2,1-2H3;1-2H3. The molecule has 1 rings (SSSR count). The summed E-state index contributed by atoms with van der Waals surface area (Å²) in [5, 5.41) is 0. The van der Waals surface area contributed by atoms with Gasteiger partial charge in [-0.1, -0.05) is 58.5 Å². The maximum absolute atomic E-state index is 10.7. The summed E-state index contributed by atoms with van der Waals surface area (Å²) in [5.41, 5.74) is 2.71. The van der Waals surface area contributed by atoms with Gasteiger partial charge in [0.1, 0.15) is 0 Å². The third-order valence-corrected chi connectivity index (χ3v) is 2.13. The van der Waals surface area contributed by atoms with Crippen LogP contribution in [0.1, 0.15) is 43.6 Å². The summed E-state index contributed by atoms with van der Waals surface area (Å²) in [6.07, 6.45) is 0.878. The second kappa shape index (κ2) is 6.99. The first-order chi connectivity index (χ1) is 7.16. The van der Waals surface area contributed by atoms with Crippen LogP contribution >= 0.6 is 0 Å². The van der Waals surface area contributed by atoms with E-state index in [2.05, 4.69) is 20.4 Å². The first kappa shape index (κ1) is 13.6. The Morgan fingerprint density at radius 2 is 1.80 bits per heavy atom. The highest BCUT2D eigenvalue weighted by Crippen LogP contribution is 2.22. The Morgan fingerprint density at radius 1 is 1.27 bits per heavy atom. The third-order valence-electron chi connectivity index (χ3n) is 2.13. The number of carbonyl (C=O) groups excluding carboxylic acids is 1. The molecule has 1 aromatic carbocycles. The average Bonchev–Trinajstić information content (AvgIpc) is 2.30. The molecule has 0 unspecified atom stereocenters. The molecule has 0 spiro atoms. The topological polar surface area (TPSA) is 17.1 Å². The van der Waals surface area contributed by atoms with Crippen molar-refractivity contribution in [3.05, 3.63) is 42.0 Å². The van der Waals surface area contributed by atoms with Crippen LogP contribution in [0.15, 0.2) is 30.8 Å². The van der Waals surface area contributed by atoms with Gasteiger partial charge in [-0.05, 0) is 17.1 Å². The van der Waals surface area contributed by atoms with Crippen molar-refractivity contribution in [3.8, 4) is 0 Å². The molecule has 0 aliphatic heterocycles. The lowest BCUT2D eigenvalue weighted by molar-refractivity contribution is 0.112. The summed E-state index contributed by atoms with van der Waals surface area (Å²) in [6.45, 7) is 12.1. The molecule has 0 atom stereocenters. The lowest BCUT2D eigenvalue weighted by Crippen LogP contribution is -1.96. The molecule has 0 aliphatic carbocycles. The molecule has 82 valence electrons. The Balaban J connectivity index is 0.000000921. The van der Waals surface area contributed by atoms with Crippen LogP contribution in [0.5, 0.6) is 0 Å². The Morgan fingerprint density at radius 3 is 2.27 bits per heavy atom. The monoisotopic (exact) mass is 204 g/mol. The van der Waals surface area contributed by atoms with Gasteiger partial charge in [0.05, 0.1) is 0 Å². The maximum atomic E-state index is 10.7. The SMILES string of the molecule is C=C(c1ccccc1C=O)C(C)C.CC. The fraction of sp³-hybridized carbons (Fsp3) is 0.357. The Hall–Kier alpha value is -1.37. The van der Waals surface area contributed by atoms with Gasteiger partial charge in [0.2, 0.25) is 0 Å². The summed E-state index contributed by atoms with van der Waals surface area (Å²) in [4.78, 5) is 10.7. The molecule has 15 heavy (non-hydrogen) atoms. The Kier molecular flexibility index (Phi) is 6.35. The van der Waals surface area contributed by atoms with Crippen LogP contribution in [0.3, 0.4) is 0 Å². The molecular weight excluding hydrogens is 184 g/mol. The van der Waals surface area contributed by atoms with E-state index in [0.29, 0.717) is 5.92 Å². The number of allylic oxidation sites excluding steroid dienone is 1. The van der Waals surface area contributed by atoms with E-state index in [9.17, 15) is 4.79 Å². The molecule has 0 bridgehead atoms. The lowest BCUT2D eigenvalue weighted by atomic mass is 9.94. The fourth-order valence-electron chi connectivity index (χ4n) is 1.20. The predicted octanol–water partition coefficient (Wildman–Crippen LogP) is 4.19. The molecule has 0 heterocycles. The highest BCUT2D eigenvalue weighted by molar-refractivity contribution is 5.85. The van der Waals surface area contributed by atoms with Crippen LogP contribution in [0.4, 0.5) is 0 Å². The van der Waals surface area contributed by atoms with E-state index >= 15 is 0 Å². The average molecular weight is 204 g/mol. The van der Waals surface area contributed by atoms with Gasteiger partial charge >= 0.3 is 0 Å². The third kappa shape index (κ3) is 3.70. The summed E-state index contributed by atoms with van der Waals surface area (Å²) in [5.74, 6) is 0.376. The first-order valence-electron chi connectivity index (χ1n) is 5.40. The molecule has 1 heteroatoms. The Bertz CT molecular complexity index is 324. The van der Waals surface area contributed by atoms with Gasteiger partial charge in [0, 0.05) is 5.56 Å². The molecule has 0 fully saturated rings. The molecular formula is C14H20O. The van der Waals surface area contributed by atoms with Crippen molar-refractivity contribution in [3.63, 3.8) is 0 Å². The number of hydrogen-bond donors (Lipinski definition) is 0. The second-order valence-electron chi connectivity index (χ2n) is 3.39. The number of carbonyl (C=O) groups is 1. The zero-order chi connectivity index (χ0) is 11.8. The van der Waals surface area contributed by atoms with Crippen molar-refractivity contribution in [1.82, 2.24) is 0 Å². The molecule has 0 aromatic heterocycles. The van der Waals surface area contributed by atoms with E-state index in [1.165, 1.54) is 0 Å². The Labute approximate surface area is 92.8 Å². The molecule has 1 aromatic rings. The summed E-state index contributed by atoms with van der Waals surface area (Å²) in [6, 6.07) is 7.54. The number of hydrogen-bond acceptors (Lipinski definition) is 1. The number of aldehydes is 1. The number of benzene rings is 1. The highest BCUT2D eigenvalue weighted by atomic mass is 16.1. The zero-order valence-corrected chi connectivity index (χ0v) is 10.1.